The van der Waals surface area contributed by atoms with Crippen LogP contribution < -0.4 is 37.9 Å². The number of hydrogen-bond acceptors (Lipinski definition) is 16. The zero-order chi connectivity index (χ0) is 60.4. The SMILES string of the molecule is COc1cc(-c2ccccc2)c2c(c1OC)C[C@@H]1CO[C@H]2O1.COc1cc(-c2ccccc2)c2c(c1OC)C[C@@H]1CO[C@H]2O1.COc1cc(-c2ccccc2)c2c(c1OC)C[C@H]1CO[C@@H]2O1.COc1cc(-c2ccccc2)c2c(c1OC)C[C@H]1CO[C@@H]2O1. The van der Waals surface area contributed by atoms with Gasteiger partial charge in [-0.15, -0.1) is 0 Å². The predicted molar refractivity (Wildman–Crippen MR) is 329 cm³/mol. The molecule has 456 valence electrons. The van der Waals surface area contributed by atoms with Gasteiger partial charge in [0.2, 0.25) is 0 Å². The van der Waals surface area contributed by atoms with E-state index in [2.05, 4.69) is 48.5 Å². The third kappa shape index (κ3) is 11.1. The van der Waals surface area contributed by atoms with Crippen LogP contribution in [0.3, 0.4) is 0 Å². The van der Waals surface area contributed by atoms with Crippen molar-refractivity contribution >= 4 is 0 Å². The molecular weight excluding hydrogens is 1120 g/mol. The van der Waals surface area contributed by atoms with Crippen LogP contribution in [0.5, 0.6) is 46.0 Å². The smallest absolute Gasteiger partial charge is 0.185 e. The average Bonchev–Trinajstić information content (AvgIpc) is 4.43. The van der Waals surface area contributed by atoms with Crippen LogP contribution in [-0.4, -0.2) is 108 Å². The number of methoxy groups -OCH3 is 8. The van der Waals surface area contributed by atoms with Gasteiger partial charge in [-0.05, 0) is 68.8 Å². The molecule has 8 heterocycles. The molecular formula is C72H72O16. The molecule has 16 rings (SSSR count). The minimum absolute atomic E-state index is 0.0992. The lowest BCUT2D eigenvalue weighted by Gasteiger charge is -2.27. The highest BCUT2D eigenvalue weighted by Crippen LogP contribution is 2.54. The molecule has 8 bridgehead atoms. The first-order chi connectivity index (χ1) is 43.3. The van der Waals surface area contributed by atoms with Crippen molar-refractivity contribution in [3.8, 4) is 90.5 Å². The van der Waals surface area contributed by atoms with Crippen LogP contribution in [0.4, 0.5) is 0 Å². The molecule has 8 aromatic rings. The summed E-state index contributed by atoms with van der Waals surface area (Å²) < 4.78 is 91.7. The van der Waals surface area contributed by atoms with Gasteiger partial charge in [-0.25, -0.2) is 0 Å². The molecule has 0 radical (unpaired) electrons. The number of benzene rings is 8. The Balaban J connectivity index is 0.000000108. The molecule has 0 amide bonds. The van der Waals surface area contributed by atoms with E-state index < -0.39 is 0 Å². The van der Waals surface area contributed by atoms with Crippen molar-refractivity contribution in [3.63, 3.8) is 0 Å². The summed E-state index contributed by atoms with van der Waals surface area (Å²) in [5, 5.41) is 0. The molecule has 0 N–H and O–H groups in total. The highest BCUT2D eigenvalue weighted by atomic mass is 16.7. The van der Waals surface area contributed by atoms with Crippen molar-refractivity contribution in [3.05, 3.63) is 190 Å². The van der Waals surface area contributed by atoms with Crippen molar-refractivity contribution in [2.24, 2.45) is 0 Å². The van der Waals surface area contributed by atoms with Gasteiger partial charge >= 0.3 is 0 Å². The summed E-state index contributed by atoms with van der Waals surface area (Å²) in [6.07, 6.45) is 2.27. The average molecular weight is 1190 g/mol. The summed E-state index contributed by atoms with van der Waals surface area (Å²) in [4.78, 5) is 0. The van der Waals surface area contributed by atoms with E-state index in [1.54, 1.807) is 56.9 Å². The second-order valence-corrected chi connectivity index (χ2v) is 22.2. The van der Waals surface area contributed by atoms with Crippen molar-refractivity contribution in [2.75, 3.05) is 83.3 Å². The molecule has 0 spiro atoms. The lowest BCUT2D eigenvalue weighted by Crippen LogP contribution is -2.21. The van der Waals surface area contributed by atoms with E-state index in [0.717, 1.165) is 161 Å². The molecule has 0 saturated carbocycles. The van der Waals surface area contributed by atoms with Crippen molar-refractivity contribution < 1.29 is 75.8 Å². The van der Waals surface area contributed by atoms with Gasteiger partial charge in [0.25, 0.3) is 0 Å². The molecule has 0 unspecified atom stereocenters. The quantitative estimate of drug-likeness (QED) is 0.114. The van der Waals surface area contributed by atoms with Gasteiger partial charge in [-0.3, -0.25) is 0 Å². The lowest BCUT2D eigenvalue weighted by molar-refractivity contribution is -0.0679. The maximum Gasteiger partial charge on any atom is 0.185 e. The molecule has 8 aliphatic heterocycles. The molecule has 16 heteroatoms. The minimum Gasteiger partial charge on any atom is -0.493 e. The Bertz CT molecular complexity index is 3280. The molecule has 8 aliphatic rings. The van der Waals surface area contributed by atoms with Crippen molar-refractivity contribution in [1.82, 2.24) is 0 Å². The highest BCUT2D eigenvalue weighted by molar-refractivity contribution is 5.78. The third-order valence-electron chi connectivity index (χ3n) is 17.3. The van der Waals surface area contributed by atoms with Gasteiger partial charge in [0.05, 0.1) is 108 Å². The van der Waals surface area contributed by atoms with Gasteiger partial charge < -0.3 is 75.8 Å². The van der Waals surface area contributed by atoms with Crippen molar-refractivity contribution in [2.45, 2.75) is 75.3 Å². The topological polar surface area (TPSA) is 148 Å². The Kier molecular flexibility index (Phi) is 17.3. The second-order valence-electron chi connectivity index (χ2n) is 22.2. The Morgan fingerprint density at radius 1 is 0.273 bits per heavy atom. The van der Waals surface area contributed by atoms with Crippen LogP contribution >= 0.6 is 0 Å². The summed E-state index contributed by atoms with van der Waals surface area (Å²) >= 11 is 0. The Labute approximate surface area is 512 Å². The predicted octanol–water partition coefficient (Wildman–Crippen LogP) is 13.4. The van der Waals surface area contributed by atoms with E-state index in [4.69, 9.17) is 75.8 Å². The fourth-order valence-corrected chi connectivity index (χ4v) is 13.4. The second kappa shape index (κ2) is 25.9. The first kappa shape index (κ1) is 58.8. The van der Waals surface area contributed by atoms with E-state index in [-0.39, 0.29) is 49.6 Å². The standard InChI is InChI=1S/4C18H18O4/c4*1-19-15-9-13(11-6-4-3-5-7-11)16-14(17(15)20-2)8-12-10-21-18(16)22-12/h4*3-7,9,12,18H,8,10H2,1-2H3/t4*12-,18+/m1100/s1. The van der Waals surface area contributed by atoms with Gasteiger partial charge in [0, 0.05) is 70.2 Å². The van der Waals surface area contributed by atoms with Crippen LogP contribution in [0, 0.1) is 0 Å². The summed E-state index contributed by atoms with van der Waals surface area (Å²) in [5.74, 6) is 6.18. The molecule has 88 heavy (non-hydrogen) atoms. The van der Waals surface area contributed by atoms with E-state index in [9.17, 15) is 0 Å². The summed E-state index contributed by atoms with van der Waals surface area (Å²) in [5.41, 5.74) is 17.6. The first-order valence-corrected chi connectivity index (χ1v) is 29.7. The Morgan fingerprint density at radius 2 is 0.477 bits per heavy atom. The Hall–Kier alpha value is -8.16. The van der Waals surface area contributed by atoms with Crippen LogP contribution in [0.2, 0.25) is 0 Å². The van der Waals surface area contributed by atoms with Gasteiger partial charge in [0.15, 0.2) is 71.2 Å². The fraction of sp³-hybridized carbons (Fsp3) is 0.333. The fourth-order valence-electron chi connectivity index (χ4n) is 13.4. The maximum absolute atomic E-state index is 5.94. The monoisotopic (exact) mass is 1190 g/mol. The molecule has 4 saturated heterocycles. The molecule has 8 atom stereocenters. The van der Waals surface area contributed by atoms with E-state index in [1.807, 2.05) is 97.1 Å². The zero-order valence-electron chi connectivity index (χ0n) is 50.7. The van der Waals surface area contributed by atoms with Crippen molar-refractivity contribution in [1.29, 1.82) is 0 Å². The van der Waals surface area contributed by atoms with Crippen LogP contribution in [0.1, 0.15) is 69.7 Å². The number of hydrogen-bond donors (Lipinski definition) is 0. The summed E-state index contributed by atoms with van der Waals surface area (Å²) in [6.45, 7) is 2.50. The summed E-state index contributed by atoms with van der Waals surface area (Å²) in [7, 11) is 13.4. The van der Waals surface area contributed by atoms with E-state index in [1.165, 1.54) is 0 Å². The van der Waals surface area contributed by atoms with Gasteiger partial charge in [-0.2, -0.15) is 0 Å². The maximum atomic E-state index is 5.94. The zero-order valence-corrected chi connectivity index (χ0v) is 50.7. The molecule has 0 aliphatic carbocycles. The van der Waals surface area contributed by atoms with Crippen LogP contribution in [0.15, 0.2) is 146 Å². The third-order valence-corrected chi connectivity index (χ3v) is 17.3. The van der Waals surface area contributed by atoms with Crippen LogP contribution in [0.25, 0.3) is 44.5 Å². The van der Waals surface area contributed by atoms with Crippen LogP contribution in [-0.2, 0) is 63.6 Å². The molecule has 8 aromatic carbocycles. The lowest BCUT2D eigenvalue weighted by atomic mass is 9.90. The van der Waals surface area contributed by atoms with E-state index >= 15 is 0 Å². The number of ether oxygens (including phenoxy) is 16. The summed E-state index contributed by atoms with van der Waals surface area (Å²) in [6, 6.07) is 49.0. The minimum atomic E-state index is -0.316. The first-order valence-electron chi connectivity index (χ1n) is 29.7. The van der Waals surface area contributed by atoms with Gasteiger partial charge in [-0.1, -0.05) is 121 Å². The number of fused-ring (bicyclic) bond motifs is 16. The number of rotatable bonds is 12. The highest BCUT2D eigenvalue weighted by Gasteiger charge is 2.43. The Morgan fingerprint density at radius 3 is 0.659 bits per heavy atom. The molecule has 4 fully saturated rings. The van der Waals surface area contributed by atoms with Gasteiger partial charge in [0.1, 0.15) is 0 Å². The molecule has 0 aromatic heterocycles. The normalized spacial score (nSPS) is 22.3. The van der Waals surface area contributed by atoms with E-state index in [0.29, 0.717) is 26.4 Å². The largest absolute Gasteiger partial charge is 0.493 e. The molecule has 16 nitrogen and oxygen atoms in total.